The zero-order chi connectivity index (χ0) is 37.9. The molecule has 6 rings (SSSR count). The van der Waals surface area contributed by atoms with Crippen LogP contribution in [0.1, 0.15) is 6.92 Å². The number of rotatable bonds is 10. The van der Waals surface area contributed by atoms with E-state index in [2.05, 4.69) is 79.3 Å². The van der Waals surface area contributed by atoms with E-state index >= 15 is 0 Å². The number of benzene rings is 4. The number of para-hydroxylation sites is 2. The average Bonchev–Trinajstić information content (AvgIpc) is 3.14. The fourth-order valence-electron chi connectivity index (χ4n) is 5.42. The van der Waals surface area contributed by atoms with E-state index in [0.29, 0.717) is 34.1 Å². The van der Waals surface area contributed by atoms with Gasteiger partial charge in [0.15, 0.2) is 17.6 Å². The lowest BCUT2D eigenvalue weighted by Crippen LogP contribution is -2.39. The fraction of sp³-hybridized carbons (Fsp3) is 0.256. The summed E-state index contributed by atoms with van der Waals surface area (Å²) in [5, 5.41) is 33.1. The average molecular weight is 731 g/mol. The number of nitrogens with zero attached hydrogens (tertiary/aromatic N) is 2. The highest BCUT2D eigenvalue weighted by Gasteiger charge is 2.29. The summed E-state index contributed by atoms with van der Waals surface area (Å²) in [5.41, 5.74) is 3.88. The van der Waals surface area contributed by atoms with Crippen LogP contribution in [0.4, 0.5) is 11.4 Å². The van der Waals surface area contributed by atoms with Crippen molar-refractivity contribution in [2.75, 3.05) is 46.3 Å². The first kappa shape index (κ1) is 39.4. The van der Waals surface area contributed by atoms with Gasteiger partial charge in [-0.05, 0) is 68.5 Å². The smallest absolute Gasteiger partial charge is 0.335 e. The van der Waals surface area contributed by atoms with Gasteiger partial charge in [0, 0.05) is 40.6 Å². The third-order valence-corrected chi connectivity index (χ3v) is 8.93. The molecule has 1 aromatic heterocycles. The van der Waals surface area contributed by atoms with Crippen LogP contribution in [0, 0.1) is 5.92 Å². The molecule has 4 aromatic carbocycles. The number of aliphatic hydroxyl groups is 2. The van der Waals surface area contributed by atoms with Gasteiger partial charge < -0.3 is 44.1 Å². The van der Waals surface area contributed by atoms with Crippen LogP contribution in [-0.2, 0) is 9.59 Å². The maximum atomic E-state index is 12.2. The molecule has 13 heteroatoms. The third kappa shape index (κ3) is 10.1. The number of hydrogen-bond acceptors (Lipinski definition) is 11. The van der Waals surface area contributed by atoms with Crippen LogP contribution in [0.3, 0.4) is 0 Å². The normalized spacial score (nSPS) is 13.3. The Kier molecular flexibility index (Phi) is 13.8. The van der Waals surface area contributed by atoms with Gasteiger partial charge in [-0.2, -0.15) is 0 Å². The molecule has 5 aromatic rings. The van der Waals surface area contributed by atoms with Gasteiger partial charge >= 0.3 is 11.9 Å². The molecule has 0 saturated heterocycles. The van der Waals surface area contributed by atoms with E-state index in [1.54, 1.807) is 32.4 Å². The van der Waals surface area contributed by atoms with Gasteiger partial charge in [-0.15, -0.1) is 0 Å². The quantitative estimate of drug-likeness (QED) is 0.135. The van der Waals surface area contributed by atoms with Crippen molar-refractivity contribution in [3.05, 3.63) is 107 Å². The summed E-state index contributed by atoms with van der Waals surface area (Å²) in [5.74, 6) is -1.07. The molecule has 0 aliphatic carbocycles. The minimum atomic E-state index is -2.27. The summed E-state index contributed by atoms with van der Waals surface area (Å²) >= 11 is 1.88. The van der Waals surface area contributed by atoms with Crippen LogP contribution in [-0.4, -0.2) is 90.9 Å². The summed E-state index contributed by atoms with van der Waals surface area (Å²) in [6, 6.07) is 31.5. The summed E-state index contributed by atoms with van der Waals surface area (Å²) in [4.78, 5) is 39.2. The predicted octanol–water partition coefficient (Wildman–Crippen LogP) is 5.84. The number of aliphatic carboxylic acids is 2. The topological polar surface area (TPSA) is 170 Å². The molecule has 0 spiro atoms. The first-order valence-corrected chi connectivity index (χ1v) is 17.0. The lowest BCUT2D eigenvalue weighted by molar-refractivity contribution is -0.165. The molecule has 1 aliphatic rings. The van der Waals surface area contributed by atoms with Crippen molar-refractivity contribution in [3.8, 4) is 22.8 Å². The molecule has 12 nitrogen and oxygen atoms in total. The minimum absolute atomic E-state index is 0.0864. The molecule has 0 bridgehead atoms. The molecule has 52 heavy (non-hydrogen) atoms. The Morgan fingerprint density at radius 1 is 0.788 bits per heavy atom. The molecule has 0 amide bonds. The Bertz CT molecular complexity index is 1990. The van der Waals surface area contributed by atoms with Gasteiger partial charge in [-0.25, -0.2) is 9.59 Å². The van der Waals surface area contributed by atoms with Crippen molar-refractivity contribution in [2.45, 2.75) is 28.9 Å². The number of anilines is 2. The van der Waals surface area contributed by atoms with Crippen molar-refractivity contribution < 1.29 is 43.9 Å². The Morgan fingerprint density at radius 2 is 1.35 bits per heavy atom. The summed E-state index contributed by atoms with van der Waals surface area (Å²) in [6.07, 6.45) is -4.53. The van der Waals surface area contributed by atoms with Crippen LogP contribution in [0.2, 0.25) is 0 Å². The van der Waals surface area contributed by atoms with Gasteiger partial charge in [-0.3, -0.25) is 4.79 Å². The third-order valence-electron chi connectivity index (χ3n) is 7.80. The monoisotopic (exact) mass is 730 g/mol. The summed E-state index contributed by atoms with van der Waals surface area (Å²) in [6.45, 7) is 4.48. The summed E-state index contributed by atoms with van der Waals surface area (Å²) in [7, 11) is 7.46. The van der Waals surface area contributed by atoms with Gasteiger partial charge in [0.05, 0.1) is 31.0 Å². The maximum Gasteiger partial charge on any atom is 0.335 e. The Balaban J connectivity index is 0.000000187. The number of aliphatic hydroxyl groups excluding tert-OH is 2. The first-order valence-electron chi connectivity index (χ1n) is 16.2. The molecular formula is C39H42N2O10S. The van der Waals surface area contributed by atoms with E-state index in [4.69, 9.17) is 34.3 Å². The van der Waals surface area contributed by atoms with Crippen LogP contribution in [0.5, 0.6) is 11.5 Å². The molecule has 274 valence electrons. The summed E-state index contributed by atoms with van der Waals surface area (Å²) < 4.78 is 16.2. The lowest BCUT2D eigenvalue weighted by atomic mass is 10.1. The lowest BCUT2D eigenvalue weighted by Gasteiger charge is -2.35. The highest BCUT2D eigenvalue weighted by molar-refractivity contribution is 7.99. The van der Waals surface area contributed by atoms with E-state index in [-0.39, 0.29) is 5.43 Å². The molecule has 3 atom stereocenters. The van der Waals surface area contributed by atoms with Gasteiger partial charge in [0.1, 0.15) is 22.8 Å². The van der Waals surface area contributed by atoms with Crippen LogP contribution in [0.15, 0.2) is 116 Å². The van der Waals surface area contributed by atoms with Crippen molar-refractivity contribution in [2.24, 2.45) is 5.92 Å². The predicted molar refractivity (Wildman–Crippen MR) is 200 cm³/mol. The van der Waals surface area contributed by atoms with Gasteiger partial charge in [0.2, 0.25) is 0 Å². The largest absolute Gasteiger partial charge is 0.497 e. The maximum absolute atomic E-state index is 12.2. The number of hydrogen-bond donors (Lipinski definition) is 4. The SMILES string of the molecule is CC(CN(C)C)CN1c2ccccc2Sc2ccccc21.COc1cccc(-c2cc(=O)c3ccc(OC)cc3o2)c1.O=C(O)C(O)C(O)C(=O)O. The van der Waals surface area contributed by atoms with E-state index in [9.17, 15) is 14.4 Å². The van der Waals surface area contributed by atoms with Crippen molar-refractivity contribution in [1.82, 2.24) is 4.90 Å². The number of carboxylic acid groups (broad SMARTS) is 2. The van der Waals surface area contributed by atoms with E-state index in [1.807, 2.05) is 36.0 Å². The van der Waals surface area contributed by atoms with Crippen LogP contribution in [0.25, 0.3) is 22.3 Å². The second-order valence-electron chi connectivity index (χ2n) is 12.2. The molecule has 0 radical (unpaired) electrons. The standard InChI is InChI=1S/C18H22N2S.C17H14O4.C4H6O6/c1-14(12-19(2)3)13-20-15-8-4-6-10-17(15)21-18-11-7-5-9-16(18)20;1-19-12-5-3-4-11(8-12)16-10-15(18)14-7-6-13(20-2)9-17(14)21-16;5-1(3(7)8)2(6)4(9)10/h4-11,14H,12-13H2,1-3H3;3-10H,1-2H3;1-2,5-6H,(H,7,8)(H,9,10). The van der Waals surface area contributed by atoms with Crippen LogP contribution >= 0.6 is 11.8 Å². The van der Waals surface area contributed by atoms with Gasteiger partial charge in [0.25, 0.3) is 0 Å². The molecular weight excluding hydrogens is 689 g/mol. The van der Waals surface area contributed by atoms with Crippen molar-refractivity contribution >= 4 is 46.0 Å². The highest BCUT2D eigenvalue weighted by Crippen LogP contribution is 2.48. The van der Waals surface area contributed by atoms with E-state index in [0.717, 1.165) is 18.7 Å². The fourth-order valence-corrected chi connectivity index (χ4v) is 6.52. The Morgan fingerprint density at radius 3 is 1.88 bits per heavy atom. The molecule has 0 fully saturated rings. The number of carboxylic acids is 2. The molecule has 1 aliphatic heterocycles. The highest BCUT2D eigenvalue weighted by atomic mass is 32.2. The zero-order valence-electron chi connectivity index (χ0n) is 29.4. The molecule has 0 saturated carbocycles. The van der Waals surface area contributed by atoms with Crippen LogP contribution < -0.4 is 19.8 Å². The molecule has 3 unspecified atom stereocenters. The Labute approximate surface area is 305 Å². The number of methoxy groups -OCH3 is 2. The van der Waals surface area contributed by atoms with Crippen molar-refractivity contribution in [3.63, 3.8) is 0 Å². The zero-order valence-corrected chi connectivity index (χ0v) is 30.2. The Hall–Kier alpha value is -5.34. The van der Waals surface area contributed by atoms with E-state index < -0.39 is 24.1 Å². The molecule has 4 N–H and O–H groups in total. The first-order chi connectivity index (χ1) is 24.8. The van der Waals surface area contributed by atoms with Gasteiger partial charge in [-0.1, -0.05) is 55.1 Å². The minimum Gasteiger partial charge on any atom is -0.497 e. The van der Waals surface area contributed by atoms with Crippen molar-refractivity contribution in [1.29, 1.82) is 0 Å². The second-order valence-corrected chi connectivity index (χ2v) is 13.2. The number of ether oxygens (including phenoxy) is 2. The number of carbonyl (C=O) groups is 2. The van der Waals surface area contributed by atoms with E-state index in [1.165, 1.54) is 27.2 Å². The second kappa shape index (κ2) is 18.2. The molecule has 2 heterocycles. The number of fused-ring (bicyclic) bond motifs is 3.